The van der Waals surface area contributed by atoms with E-state index < -0.39 is 17.2 Å². The standard InChI is InChI=1S/C18H24F2N2O4/c19-14-3-4-16(15(20)9-14)26-10-17(23)22-7-8-25-13-18(24,12-22)11-21-5-1-2-6-21/h3-4,9,24H,1-2,5-8,10-13H2/t18-/m1/s1. The van der Waals surface area contributed by atoms with Gasteiger partial charge in [-0.15, -0.1) is 0 Å². The van der Waals surface area contributed by atoms with Gasteiger partial charge in [-0.3, -0.25) is 4.79 Å². The van der Waals surface area contributed by atoms with Crippen molar-refractivity contribution in [2.75, 3.05) is 52.5 Å². The van der Waals surface area contributed by atoms with Crippen LogP contribution in [0.3, 0.4) is 0 Å². The van der Waals surface area contributed by atoms with Crippen LogP contribution in [0.4, 0.5) is 8.78 Å². The van der Waals surface area contributed by atoms with Crippen LogP contribution in [0, 0.1) is 11.6 Å². The van der Waals surface area contributed by atoms with Crippen LogP contribution < -0.4 is 4.74 Å². The normalized spacial score (nSPS) is 24.5. The molecule has 1 aromatic carbocycles. The Hall–Kier alpha value is -1.77. The second-order valence-electron chi connectivity index (χ2n) is 6.94. The highest BCUT2D eigenvalue weighted by atomic mass is 19.1. The summed E-state index contributed by atoms with van der Waals surface area (Å²) < 4.78 is 37.2. The quantitative estimate of drug-likeness (QED) is 0.839. The second-order valence-corrected chi connectivity index (χ2v) is 6.94. The van der Waals surface area contributed by atoms with Gasteiger partial charge in [-0.1, -0.05) is 0 Å². The van der Waals surface area contributed by atoms with E-state index in [1.165, 1.54) is 4.90 Å². The summed E-state index contributed by atoms with van der Waals surface area (Å²) >= 11 is 0. The predicted molar refractivity (Wildman–Crippen MR) is 89.9 cm³/mol. The first kappa shape index (κ1) is 19.0. The number of hydrogen-bond acceptors (Lipinski definition) is 5. The number of β-amino-alcohol motifs (C(OH)–C–C–N with tert-alkyl or cyclic N) is 1. The summed E-state index contributed by atoms with van der Waals surface area (Å²) in [6, 6.07) is 2.92. The first-order valence-electron chi connectivity index (χ1n) is 8.83. The van der Waals surface area contributed by atoms with Crippen LogP contribution in [0.1, 0.15) is 12.8 Å². The topological polar surface area (TPSA) is 62.2 Å². The molecule has 3 rings (SSSR count). The average Bonchev–Trinajstić information content (AvgIpc) is 3.01. The zero-order valence-electron chi connectivity index (χ0n) is 14.6. The maximum atomic E-state index is 13.6. The van der Waals surface area contributed by atoms with Crippen molar-refractivity contribution in [3.8, 4) is 5.75 Å². The zero-order valence-corrected chi connectivity index (χ0v) is 14.6. The van der Waals surface area contributed by atoms with Crippen LogP contribution in [-0.2, 0) is 9.53 Å². The second kappa shape index (κ2) is 8.28. The summed E-state index contributed by atoms with van der Waals surface area (Å²) in [6.45, 7) is 2.88. The highest BCUT2D eigenvalue weighted by molar-refractivity contribution is 5.78. The molecule has 26 heavy (non-hydrogen) atoms. The molecule has 2 saturated heterocycles. The highest BCUT2D eigenvalue weighted by Crippen LogP contribution is 2.20. The van der Waals surface area contributed by atoms with Crippen LogP contribution in [-0.4, -0.2) is 79.0 Å². The predicted octanol–water partition coefficient (Wildman–Crippen LogP) is 1.03. The fourth-order valence-electron chi connectivity index (χ4n) is 3.41. The summed E-state index contributed by atoms with van der Waals surface area (Å²) in [5.41, 5.74) is -1.14. The molecule has 0 unspecified atom stereocenters. The van der Waals surface area contributed by atoms with E-state index >= 15 is 0 Å². The number of amides is 1. The molecule has 2 aliphatic rings. The van der Waals surface area contributed by atoms with E-state index in [2.05, 4.69) is 4.90 Å². The number of nitrogens with zero attached hydrogens (tertiary/aromatic N) is 2. The minimum absolute atomic E-state index is 0.137. The smallest absolute Gasteiger partial charge is 0.260 e. The summed E-state index contributed by atoms with van der Waals surface area (Å²) in [5, 5.41) is 10.9. The number of likely N-dealkylation sites (tertiary alicyclic amines) is 1. The number of carbonyl (C=O) groups is 1. The Kier molecular flexibility index (Phi) is 6.05. The van der Waals surface area contributed by atoms with Gasteiger partial charge in [0.25, 0.3) is 5.91 Å². The molecule has 1 aromatic rings. The molecule has 1 atom stereocenters. The number of rotatable bonds is 5. The lowest BCUT2D eigenvalue weighted by Gasteiger charge is -2.33. The largest absolute Gasteiger partial charge is 0.481 e. The van der Waals surface area contributed by atoms with Gasteiger partial charge in [-0.2, -0.15) is 0 Å². The first-order valence-corrected chi connectivity index (χ1v) is 8.83. The van der Waals surface area contributed by atoms with Crippen molar-refractivity contribution in [1.29, 1.82) is 0 Å². The molecule has 2 fully saturated rings. The fraction of sp³-hybridized carbons (Fsp3) is 0.611. The maximum absolute atomic E-state index is 13.6. The molecule has 6 nitrogen and oxygen atoms in total. The summed E-state index contributed by atoms with van der Waals surface area (Å²) in [4.78, 5) is 16.1. The van der Waals surface area contributed by atoms with Crippen LogP contribution in [0.5, 0.6) is 5.75 Å². The van der Waals surface area contributed by atoms with Crippen molar-refractivity contribution in [1.82, 2.24) is 9.80 Å². The number of carbonyl (C=O) groups excluding carboxylic acids is 1. The Labute approximate surface area is 151 Å². The average molecular weight is 370 g/mol. The molecule has 0 saturated carbocycles. The van der Waals surface area contributed by atoms with Gasteiger partial charge in [-0.05, 0) is 38.1 Å². The van der Waals surface area contributed by atoms with Gasteiger partial charge in [0.2, 0.25) is 0 Å². The Balaban J connectivity index is 1.58. The molecule has 1 N–H and O–H groups in total. The number of benzene rings is 1. The lowest BCUT2D eigenvalue weighted by molar-refractivity contribution is -0.136. The molecule has 0 aliphatic carbocycles. The molecule has 0 aromatic heterocycles. The molecule has 2 heterocycles. The van der Waals surface area contributed by atoms with Crippen molar-refractivity contribution in [2.45, 2.75) is 18.4 Å². The SMILES string of the molecule is O=C(COc1ccc(F)cc1F)N1CCOC[C@@](O)(CN2CCCC2)C1. The summed E-state index contributed by atoms with van der Waals surface area (Å²) in [6.07, 6.45) is 2.22. The van der Waals surface area contributed by atoms with E-state index in [0.29, 0.717) is 25.8 Å². The Bertz CT molecular complexity index is 640. The van der Waals surface area contributed by atoms with Crippen molar-refractivity contribution >= 4 is 5.91 Å². The van der Waals surface area contributed by atoms with E-state index in [1.54, 1.807) is 0 Å². The van der Waals surface area contributed by atoms with E-state index in [-0.39, 0.29) is 31.4 Å². The number of hydrogen-bond donors (Lipinski definition) is 1. The number of ether oxygens (including phenoxy) is 2. The third kappa shape index (κ3) is 4.90. The maximum Gasteiger partial charge on any atom is 0.260 e. The number of aliphatic hydroxyl groups is 1. The zero-order chi connectivity index (χ0) is 18.6. The van der Waals surface area contributed by atoms with Gasteiger partial charge >= 0.3 is 0 Å². The lowest BCUT2D eigenvalue weighted by atomic mass is 10.0. The molecule has 0 bridgehead atoms. The molecular formula is C18H24F2N2O4. The van der Waals surface area contributed by atoms with E-state index in [0.717, 1.165) is 38.1 Å². The van der Waals surface area contributed by atoms with Gasteiger partial charge in [0, 0.05) is 19.2 Å². The lowest BCUT2D eigenvalue weighted by Crippen LogP contribution is -2.53. The van der Waals surface area contributed by atoms with Gasteiger partial charge in [0.1, 0.15) is 11.4 Å². The minimum Gasteiger partial charge on any atom is -0.481 e. The molecule has 2 aliphatic heterocycles. The van der Waals surface area contributed by atoms with Crippen LogP contribution in [0.15, 0.2) is 18.2 Å². The highest BCUT2D eigenvalue weighted by Gasteiger charge is 2.36. The molecule has 1 amide bonds. The summed E-state index contributed by atoms with van der Waals surface area (Å²) in [5.74, 6) is -2.13. The Morgan fingerprint density at radius 1 is 1.27 bits per heavy atom. The van der Waals surface area contributed by atoms with Crippen LogP contribution in [0.2, 0.25) is 0 Å². The van der Waals surface area contributed by atoms with Crippen LogP contribution in [0.25, 0.3) is 0 Å². The minimum atomic E-state index is -1.14. The van der Waals surface area contributed by atoms with Gasteiger partial charge in [0.05, 0.1) is 19.8 Å². The molecule has 0 spiro atoms. The fourth-order valence-corrected chi connectivity index (χ4v) is 3.41. The molecule has 0 radical (unpaired) electrons. The van der Waals surface area contributed by atoms with Crippen molar-refractivity contribution in [3.63, 3.8) is 0 Å². The van der Waals surface area contributed by atoms with E-state index in [4.69, 9.17) is 9.47 Å². The van der Waals surface area contributed by atoms with E-state index in [1.807, 2.05) is 0 Å². The Morgan fingerprint density at radius 2 is 2.04 bits per heavy atom. The monoisotopic (exact) mass is 370 g/mol. The third-order valence-electron chi connectivity index (χ3n) is 4.68. The van der Waals surface area contributed by atoms with Crippen LogP contribution >= 0.6 is 0 Å². The van der Waals surface area contributed by atoms with Gasteiger partial charge < -0.3 is 24.4 Å². The third-order valence-corrected chi connectivity index (χ3v) is 4.68. The summed E-state index contributed by atoms with van der Waals surface area (Å²) in [7, 11) is 0. The molecule has 8 heteroatoms. The molecule has 144 valence electrons. The van der Waals surface area contributed by atoms with Crippen molar-refractivity contribution in [2.24, 2.45) is 0 Å². The van der Waals surface area contributed by atoms with Gasteiger partial charge in [0.15, 0.2) is 18.2 Å². The van der Waals surface area contributed by atoms with E-state index in [9.17, 15) is 18.7 Å². The van der Waals surface area contributed by atoms with Gasteiger partial charge in [-0.25, -0.2) is 8.78 Å². The number of halogens is 2. The Morgan fingerprint density at radius 3 is 2.77 bits per heavy atom. The molecular weight excluding hydrogens is 346 g/mol. The first-order chi connectivity index (χ1) is 12.5. The van der Waals surface area contributed by atoms with Crippen molar-refractivity contribution < 1.29 is 28.2 Å². The van der Waals surface area contributed by atoms with Crippen molar-refractivity contribution in [3.05, 3.63) is 29.8 Å².